The van der Waals surface area contributed by atoms with Crippen LogP contribution >= 0.6 is 24.0 Å². The summed E-state index contributed by atoms with van der Waals surface area (Å²) in [4.78, 5) is 6.68. The zero-order valence-corrected chi connectivity index (χ0v) is 17.3. The van der Waals surface area contributed by atoms with Crippen LogP contribution in [0.3, 0.4) is 0 Å². The van der Waals surface area contributed by atoms with Crippen molar-refractivity contribution in [2.24, 2.45) is 4.99 Å². The van der Waals surface area contributed by atoms with Gasteiger partial charge in [-0.2, -0.15) is 0 Å². The first-order valence-electron chi connectivity index (χ1n) is 8.32. The SMILES string of the molecule is C=CCN1CCC(NC(=NC)NCc2cc(OC)ccc2O)CC1.I. The molecule has 3 N–H and O–H groups in total. The number of phenols is 1. The Morgan fingerprint density at radius 1 is 1.44 bits per heavy atom. The predicted octanol–water partition coefficient (Wildman–Crippen LogP) is 2.33. The summed E-state index contributed by atoms with van der Waals surface area (Å²) in [5.41, 5.74) is 0.776. The molecule has 1 aromatic rings. The average molecular weight is 460 g/mol. The first kappa shape index (κ1) is 21.6. The number of piperidine rings is 1. The van der Waals surface area contributed by atoms with Gasteiger partial charge in [-0.15, -0.1) is 30.6 Å². The monoisotopic (exact) mass is 460 g/mol. The van der Waals surface area contributed by atoms with E-state index in [0.29, 0.717) is 12.6 Å². The maximum absolute atomic E-state index is 9.95. The summed E-state index contributed by atoms with van der Waals surface area (Å²) in [7, 11) is 3.37. The first-order chi connectivity index (χ1) is 11.7. The van der Waals surface area contributed by atoms with Gasteiger partial charge in [0, 0.05) is 44.8 Å². The number of ether oxygens (including phenoxy) is 1. The van der Waals surface area contributed by atoms with Gasteiger partial charge < -0.3 is 20.5 Å². The Hall–Kier alpha value is -1.48. The summed E-state index contributed by atoms with van der Waals surface area (Å²) < 4.78 is 5.20. The fourth-order valence-corrected chi connectivity index (χ4v) is 2.84. The van der Waals surface area contributed by atoms with Gasteiger partial charge in [-0.1, -0.05) is 6.08 Å². The van der Waals surface area contributed by atoms with Crippen LogP contribution in [0.5, 0.6) is 11.5 Å². The first-order valence-corrected chi connectivity index (χ1v) is 8.32. The molecule has 0 atom stereocenters. The van der Waals surface area contributed by atoms with E-state index in [4.69, 9.17) is 4.74 Å². The molecular weight excluding hydrogens is 431 g/mol. The third-order valence-electron chi connectivity index (χ3n) is 4.27. The second kappa shape index (κ2) is 11.2. The molecule has 1 aliphatic rings. The quantitative estimate of drug-likeness (QED) is 0.263. The Labute approximate surface area is 167 Å². The molecule has 140 valence electrons. The summed E-state index contributed by atoms with van der Waals surface area (Å²) >= 11 is 0. The highest BCUT2D eigenvalue weighted by atomic mass is 127. The minimum absolute atomic E-state index is 0. The lowest BCUT2D eigenvalue weighted by molar-refractivity contribution is 0.225. The highest BCUT2D eigenvalue weighted by Gasteiger charge is 2.19. The van der Waals surface area contributed by atoms with Gasteiger partial charge in [0.05, 0.1) is 7.11 Å². The van der Waals surface area contributed by atoms with E-state index in [9.17, 15) is 5.11 Å². The van der Waals surface area contributed by atoms with Crippen molar-refractivity contribution in [1.82, 2.24) is 15.5 Å². The molecule has 25 heavy (non-hydrogen) atoms. The summed E-state index contributed by atoms with van der Waals surface area (Å²) in [5.74, 6) is 1.72. The largest absolute Gasteiger partial charge is 0.508 e. The fraction of sp³-hybridized carbons (Fsp3) is 0.500. The number of likely N-dealkylation sites (tertiary alicyclic amines) is 1. The van der Waals surface area contributed by atoms with Crippen molar-refractivity contribution in [2.45, 2.75) is 25.4 Å². The third-order valence-corrected chi connectivity index (χ3v) is 4.27. The smallest absolute Gasteiger partial charge is 0.191 e. The number of hydrogen-bond donors (Lipinski definition) is 3. The maximum Gasteiger partial charge on any atom is 0.191 e. The molecular formula is C18H29IN4O2. The predicted molar refractivity (Wildman–Crippen MR) is 113 cm³/mol. The van der Waals surface area contributed by atoms with Crippen molar-refractivity contribution in [3.8, 4) is 11.5 Å². The zero-order valence-electron chi connectivity index (χ0n) is 15.0. The highest BCUT2D eigenvalue weighted by Crippen LogP contribution is 2.22. The van der Waals surface area contributed by atoms with Crippen LogP contribution in [0, 0.1) is 0 Å². The van der Waals surface area contributed by atoms with Crippen molar-refractivity contribution < 1.29 is 9.84 Å². The minimum atomic E-state index is 0. The van der Waals surface area contributed by atoms with E-state index < -0.39 is 0 Å². The normalized spacial score (nSPS) is 16.0. The molecule has 0 radical (unpaired) electrons. The Bertz CT molecular complexity index is 572. The van der Waals surface area contributed by atoms with Crippen LogP contribution in [0.1, 0.15) is 18.4 Å². The van der Waals surface area contributed by atoms with Gasteiger partial charge in [0.25, 0.3) is 0 Å². The number of rotatable bonds is 6. The van der Waals surface area contributed by atoms with Crippen LogP contribution in [-0.2, 0) is 6.54 Å². The minimum Gasteiger partial charge on any atom is -0.508 e. The van der Waals surface area contributed by atoms with Crippen molar-refractivity contribution >= 4 is 29.9 Å². The van der Waals surface area contributed by atoms with Crippen LogP contribution in [0.15, 0.2) is 35.8 Å². The molecule has 0 aromatic heterocycles. The molecule has 1 fully saturated rings. The number of guanidine groups is 1. The third kappa shape index (κ3) is 6.74. The lowest BCUT2D eigenvalue weighted by Gasteiger charge is -2.32. The molecule has 0 bridgehead atoms. The number of nitrogens with zero attached hydrogens (tertiary/aromatic N) is 2. The second-order valence-electron chi connectivity index (χ2n) is 5.93. The number of nitrogens with one attached hydrogen (secondary N) is 2. The van der Waals surface area contributed by atoms with Crippen LogP contribution < -0.4 is 15.4 Å². The zero-order chi connectivity index (χ0) is 17.4. The van der Waals surface area contributed by atoms with E-state index in [1.54, 1.807) is 26.3 Å². The van der Waals surface area contributed by atoms with Crippen molar-refractivity contribution in [1.29, 1.82) is 0 Å². The molecule has 1 aromatic carbocycles. The van der Waals surface area contributed by atoms with E-state index in [1.165, 1.54) is 0 Å². The van der Waals surface area contributed by atoms with Crippen LogP contribution in [0.2, 0.25) is 0 Å². The standard InChI is InChI=1S/C18H28N4O2.HI/c1-4-9-22-10-7-15(8-11-22)21-18(19-2)20-13-14-12-16(24-3)5-6-17(14)23;/h4-6,12,15,23H,1,7-11,13H2,2-3H3,(H2,19,20,21);1H. The fourth-order valence-electron chi connectivity index (χ4n) is 2.84. The molecule has 2 rings (SSSR count). The van der Waals surface area contributed by atoms with Crippen LogP contribution in [-0.4, -0.2) is 55.8 Å². The second-order valence-corrected chi connectivity index (χ2v) is 5.93. The van der Waals surface area contributed by atoms with Gasteiger partial charge in [-0.3, -0.25) is 9.89 Å². The summed E-state index contributed by atoms with van der Waals surface area (Å²) in [6, 6.07) is 5.62. The maximum atomic E-state index is 9.95. The molecule has 0 unspecified atom stereocenters. The molecule has 1 heterocycles. The summed E-state index contributed by atoms with van der Waals surface area (Å²) in [6.45, 7) is 7.36. The topological polar surface area (TPSA) is 69.1 Å². The van der Waals surface area contributed by atoms with Crippen molar-refractivity contribution in [3.05, 3.63) is 36.4 Å². The molecule has 0 amide bonds. The molecule has 0 spiro atoms. The van der Waals surface area contributed by atoms with Crippen LogP contribution in [0.25, 0.3) is 0 Å². The van der Waals surface area contributed by atoms with Gasteiger partial charge in [-0.05, 0) is 31.0 Å². The van der Waals surface area contributed by atoms with Crippen molar-refractivity contribution in [3.63, 3.8) is 0 Å². The molecule has 1 aliphatic heterocycles. The van der Waals surface area contributed by atoms with Crippen molar-refractivity contribution in [2.75, 3.05) is 33.8 Å². The molecule has 6 nitrogen and oxygen atoms in total. The van der Waals surface area contributed by atoms with Gasteiger partial charge in [0.2, 0.25) is 0 Å². The number of benzene rings is 1. The number of hydrogen-bond acceptors (Lipinski definition) is 4. The molecule has 7 heteroatoms. The van der Waals surface area contributed by atoms with Gasteiger partial charge in [-0.25, -0.2) is 0 Å². The van der Waals surface area contributed by atoms with Gasteiger partial charge in [0.15, 0.2) is 5.96 Å². The van der Waals surface area contributed by atoms with E-state index in [-0.39, 0.29) is 29.7 Å². The van der Waals surface area contributed by atoms with Crippen LogP contribution in [0.4, 0.5) is 0 Å². The molecule has 0 saturated carbocycles. The number of halogens is 1. The Balaban J connectivity index is 0.00000312. The molecule has 1 saturated heterocycles. The van der Waals surface area contributed by atoms with E-state index in [2.05, 4.69) is 27.1 Å². The average Bonchev–Trinajstić information content (AvgIpc) is 2.61. The van der Waals surface area contributed by atoms with Gasteiger partial charge in [0.1, 0.15) is 11.5 Å². The molecule has 0 aliphatic carbocycles. The number of aliphatic imine (C=N–C) groups is 1. The Kier molecular flexibility index (Phi) is 9.66. The number of methoxy groups -OCH3 is 1. The van der Waals surface area contributed by atoms with E-state index >= 15 is 0 Å². The highest BCUT2D eigenvalue weighted by molar-refractivity contribution is 14.0. The van der Waals surface area contributed by atoms with E-state index in [0.717, 1.165) is 49.7 Å². The van der Waals surface area contributed by atoms with Gasteiger partial charge >= 0.3 is 0 Å². The van der Waals surface area contributed by atoms with E-state index in [1.807, 2.05) is 12.1 Å². The number of phenolic OH excluding ortho intramolecular Hbond substituents is 1. The lowest BCUT2D eigenvalue weighted by atomic mass is 10.1. The Morgan fingerprint density at radius 3 is 2.76 bits per heavy atom. The lowest BCUT2D eigenvalue weighted by Crippen LogP contribution is -2.48. The Morgan fingerprint density at radius 2 is 2.16 bits per heavy atom. The number of aromatic hydroxyl groups is 1. The summed E-state index contributed by atoms with van der Waals surface area (Å²) in [5, 5.41) is 16.7. The summed E-state index contributed by atoms with van der Waals surface area (Å²) in [6.07, 6.45) is 4.12.